The van der Waals surface area contributed by atoms with E-state index in [0.29, 0.717) is 18.3 Å². The molecular weight excluding hydrogens is 188 g/mol. The monoisotopic (exact) mass is 208 g/mol. The number of hydrogen-bond acceptors (Lipinski definition) is 2. The molecule has 1 fully saturated rings. The van der Waals surface area contributed by atoms with Gasteiger partial charge in [0.2, 0.25) is 0 Å². The standard InChI is InChI=1S/C13H20O2/c1-13(2,3)8-12(14)15-11-7-9-4-5-10(11)6-9/h4-5,9-11H,6-8H2,1-3H3. The first-order chi connectivity index (χ1) is 6.94. The van der Waals surface area contributed by atoms with Crippen molar-refractivity contribution in [2.75, 3.05) is 0 Å². The Morgan fingerprint density at radius 2 is 2.07 bits per heavy atom. The van der Waals surface area contributed by atoms with Gasteiger partial charge in [-0.2, -0.15) is 0 Å². The van der Waals surface area contributed by atoms with Crippen molar-refractivity contribution in [1.82, 2.24) is 0 Å². The number of carbonyl (C=O) groups is 1. The number of fused-ring (bicyclic) bond motifs is 2. The summed E-state index contributed by atoms with van der Waals surface area (Å²) in [4.78, 5) is 11.6. The van der Waals surface area contributed by atoms with Crippen molar-refractivity contribution < 1.29 is 9.53 Å². The summed E-state index contributed by atoms with van der Waals surface area (Å²) in [7, 11) is 0. The maximum Gasteiger partial charge on any atom is 0.306 e. The normalized spacial score (nSPS) is 33.4. The minimum Gasteiger partial charge on any atom is -0.462 e. The molecule has 0 radical (unpaired) electrons. The topological polar surface area (TPSA) is 26.3 Å². The van der Waals surface area contributed by atoms with E-state index in [9.17, 15) is 4.79 Å². The first-order valence-electron chi connectivity index (χ1n) is 5.82. The van der Waals surface area contributed by atoms with Crippen LogP contribution in [0, 0.1) is 17.3 Å². The quantitative estimate of drug-likeness (QED) is 0.515. The Labute approximate surface area is 91.7 Å². The molecule has 2 aliphatic rings. The summed E-state index contributed by atoms with van der Waals surface area (Å²) in [6.45, 7) is 6.19. The summed E-state index contributed by atoms with van der Waals surface area (Å²) in [5.74, 6) is 1.13. The molecule has 0 spiro atoms. The summed E-state index contributed by atoms with van der Waals surface area (Å²) < 4.78 is 5.53. The zero-order chi connectivity index (χ0) is 11.1. The lowest BCUT2D eigenvalue weighted by atomic mass is 9.92. The van der Waals surface area contributed by atoms with Crippen LogP contribution in [0.2, 0.25) is 0 Å². The van der Waals surface area contributed by atoms with Gasteiger partial charge in [0, 0.05) is 5.92 Å². The van der Waals surface area contributed by atoms with Gasteiger partial charge in [0.05, 0.1) is 6.42 Å². The van der Waals surface area contributed by atoms with E-state index in [4.69, 9.17) is 4.74 Å². The van der Waals surface area contributed by atoms with Gasteiger partial charge in [-0.05, 0) is 24.2 Å². The fourth-order valence-electron chi connectivity index (χ4n) is 2.51. The molecule has 0 aromatic carbocycles. The van der Waals surface area contributed by atoms with Crippen molar-refractivity contribution in [2.45, 2.75) is 46.1 Å². The lowest BCUT2D eigenvalue weighted by Gasteiger charge is -2.22. The van der Waals surface area contributed by atoms with Crippen LogP contribution in [0.25, 0.3) is 0 Å². The molecule has 2 bridgehead atoms. The fraction of sp³-hybridized carbons (Fsp3) is 0.769. The second-order valence-corrected chi connectivity index (χ2v) is 6.05. The number of carbonyl (C=O) groups excluding carboxylic acids is 1. The zero-order valence-corrected chi connectivity index (χ0v) is 9.82. The van der Waals surface area contributed by atoms with E-state index in [2.05, 4.69) is 32.9 Å². The summed E-state index contributed by atoms with van der Waals surface area (Å²) in [5, 5.41) is 0. The van der Waals surface area contributed by atoms with E-state index < -0.39 is 0 Å². The van der Waals surface area contributed by atoms with Gasteiger partial charge in [-0.15, -0.1) is 0 Å². The lowest BCUT2D eigenvalue weighted by Crippen LogP contribution is -2.25. The van der Waals surface area contributed by atoms with Crippen LogP contribution in [0.5, 0.6) is 0 Å². The highest BCUT2D eigenvalue weighted by atomic mass is 16.5. The van der Waals surface area contributed by atoms with E-state index >= 15 is 0 Å². The largest absolute Gasteiger partial charge is 0.462 e. The summed E-state index contributed by atoms with van der Waals surface area (Å²) >= 11 is 0. The van der Waals surface area contributed by atoms with E-state index in [-0.39, 0.29) is 17.5 Å². The number of esters is 1. The summed E-state index contributed by atoms with van der Waals surface area (Å²) in [5.41, 5.74) is 0.0323. The predicted octanol–water partition coefficient (Wildman–Crippen LogP) is 2.93. The molecule has 2 aliphatic carbocycles. The first kappa shape index (κ1) is 10.7. The summed E-state index contributed by atoms with van der Waals surface area (Å²) in [6, 6.07) is 0. The van der Waals surface area contributed by atoms with Crippen molar-refractivity contribution >= 4 is 5.97 Å². The number of rotatable bonds is 2. The van der Waals surface area contributed by atoms with Crippen LogP contribution in [0.3, 0.4) is 0 Å². The maximum atomic E-state index is 11.6. The second kappa shape index (κ2) is 3.66. The molecule has 0 amide bonds. The average molecular weight is 208 g/mol. The van der Waals surface area contributed by atoms with Crippen LogP contribution in [0.4, 0.5) is 0 Å². The Morgan fingerprint density at radius 1 is 1.33 bits per heavy atom. The highest BCUT2D eigenvalue weighted by Gasteiger charge is 2.38. The number of allylic oxidation sites excluding steroid dienone is 1. The summed E-state index contributed by atoms with van der Waals surface area (Å²) in [6.07, 6.45) is 7.38. The first-order valence-corrected chi connectivity index (χ1v) is 5.82. The van der Waals surface area contributed by atoms with Gasteiger partial charge in [-0.3, -0.25) is 4.79 Å². The Bertz CT molecular complexity index is 285. The Morgan fingerprint density at radius 3 is 2.53 bits per heavy atom. The molecule has 84 valence electrons. The highest BCUT2D eigenvalue weighted by molar-refractivity contribution is 5.70. The molecule has 0 heterocycles. The highest BCUT2D eigenvalue weighted by Crippen LogP contribution is 2.41. The molecule has 0 aromatic heterocycles. The van der Waals surface area contributed by atoms with Crippen molar-refractivity contribution in [3.63, 3.8) is 0 Å². The van der Waals surface area contributed by atoms with Crippen LogP contribution in [0.15, 0.2) is 12.2 Å². The van der Waals surface area contributed by atoms with Crippen molar-refractivity contribution in [3.8, 4) is 0 Å². The van der Waals surface area contributed by atoms with Gasteiger partial charge in [0.1, 0.15) is 6.10 Å². The van der Waals surface area contributed by atoms with E-state index in [1.807, 2.05) is 0 Å². The zero-order valence-electron chi connectivity index (χ0n) is 9.82. The Hall–Kier alpha value is -0.790. The average Bonchev–Trinajstić information content (AvgIpc) is 2.60. The van der Waals surface area contributed by atoms with Gasteiger partial charge in [-0.1, -0.05) is 32.9 Å². The van der Waals surface area contributed by atoms with Crippen LogP contribution in [-0.2, 0) is 9.53 Å². The SMILES string of the molecule is CC(C)(C)CC(=O)OC1CC2C=CC1C2. The lowest BCUT2D eigenvalue weighted by molar-refractivity contribution is -0.152. The smallest absolute Gasteiger partial charge is 0.306 e. The minimum absolute atomic E-state index is 0.0323. The molecule has 0 aromatic rings. The Balaban J connectivity index is 1.83. The van der Waals surface area contributed by atoms with Crippen molar-refractivity contribution in [2.24, 2.45) is 17.3 Å². The molecule has 3 unspecified atom stereocenters. The molecule has 2 heteroatoms. The van der Waals surface area contributed by atoms with Gasteiger partial charge in [0.25, 0.3) is 0 Å². The van der Waals surface area contributed by atoms with Crippen LogP contribution < -0.4 is 0 Å². The predicted molar refractivity (Wildman–Crippen MR) is 59.3 cm³/mol. The molecule has 0 saturated heterocycles. The molecular formula is C13H20O2. The Kier molecular flexibility index (Phi) is 2.61. The van der Waals surface area contributed by atoms with Crippen molar-refractivity contribution in [1.29, 1.82) is 0 Å². The third-order valence-corrected chi connectivity index (χ3v) is 3.18. The van der Waals surface area contributed by atoms with Gasteiger partial charge in [0.15, 0.2) is 0 Å². The van der Waals surface area contributed by atoms with Crippen LogP contribution in [0.1, 0.15) is 40.0 Å². The van der Waals surface area contributed by atoms with Gasteiger partial charge >= 0.3 is 5.97 Å². The number of hydrogen-bond donors (Lipinski definition) is 0. The fourth-order valence-corrected chi connectivity index (χ4v) is 2.51. The maximum absolute atomic E-state index is 11.6. The molecule has 15 heavy (non-hydrogen) atoms. The molecule has 0 aliphatic heterocycles. The number of ether oxygens (including phenoxy) is 1. The third-order valence-electron chi connectivity index (χ3n) is 3.18. The van der Waals surface area contributed by atoms with Gasteiger partial charge in [-0.25, -0.2) is 0 Å². The third kappa shape index (κ3) is 2.61. The van der Waals surface area contributed by atoms with Crippen molar-refractivity contribution in [3.05, 3.63) is 12.2 Å². The van der Waals surface area contributed by atoms with Crippen LogP contribution >= 0.6 is 0 Å². The minimum atomic E-state index is -0.0338. The van der Waals surface area contributed by atoms with E-state index in [1.165, 1.54) is 6.42 Å². The molecule has 3 atom stereocenters. The molecule has 0 N–H and O–H groups in total. The second-order valence-electron chi connectivity index (χ2n) is 6.05. The van der Waals surface area contributed by atoms with Gasteiger partial charge < -0.3 is 4.74 Å². The molecule has 1 saturated carbocycles. The molecule has 2 rings (SSSR count). The molecule has 2 nitrogen and oxygen atoms in total. The van der Waals surface area contributed by atoms with Crippen LogP contribution in [-0.4, -0.2) is 12.1 Å². The van der Waals surface area contributed by atoms with E-state index in [0.717, 1.165) is 6.42 Å². The van der Waals surface area contributed by atoms with E-state index in [1.54, 1.807) is 0 Å².